The summed E-state index contributed by atoms with van der Waals surface area (Å²) in [6, 6.07) is 0.652. The average Bonchev–Trinajstić information content (AvgIpc) is 3.12. The number of piperidine rings is 1. The third kappa shape index (κ3) is 3.34. The zero-order chi connectivity index (χ0) is 19.1. The lowest BCUT2D eigenvalue weighted by Gasteiger charge is -2.46. The first-order valence-electron chi connectivity index (χ1n) is 11.5. The summed E-state index contributed by atoms with van der Waals surface area (Å²) in [4.78, 5) is 0. The molecule has 0 bridgehead atoms. The molecule has 0 amide bonds. The fourth-order valence-electron chi connectivity index (χ4n) is 6.50. The first-order valence-corrected chi connectivity index (χ1v) is 11.5. The minimum absolute atomic E-state index is 0.275. The van der Waals surface area contributed by atoms with Gasteiger partial charge < -0.3 is 10.1 Å². The molecule has 0 aromatic heterocycles. The Morgan fingerprint density at radius 1 is 1.00 bits per heavy atom. The Morgan fingerprint density at radius 3 is 2.68 bits per heavy atom. The SMILES string of the molecule is CC(C)C1CNC(C2CC=C3OC4C=CC=CC4C3C2)CC1C1C=CC=CC1. The van der Waals surface area contributed by atoms with Gasteiger partial charge in [0.05, 0.1) is 5.76 Å². The average molecular weight is 378 g/mol. The maximum Gasteiger partial charge on any atom is 0.124 e. The van der Waals surface area contributed by atoms with Crippen molar-refractivity contribution in [2.24, 2.45) is 41.4 Å². The van der Waals surface area contributed by atoms with Crippen molar-refractivity contribution in [2.75, 3.05) is 6.54 Å². The predicted molar refractivity (Wildman–Crippen MR) is 116 cm³/mol. The fourth-order valence-corrected chi connectivity index (χ4v) is 6.50. The minimum atomic E-state index is 0.275. The molecule has 0 radical (unpaired) electrons. The van der Waals surface area contributed by atoms with E-state index in [1.54, 1.807) is 0 Å². The second-order valence-corrected chi connectivity index (χ2v) is 9.91. The number of rotatable bonds is 3. The smallest absolute Gasteiger partial charge is 0.124 e. The van der Waals surface area contributed by atoms with E-state index in [1.807, 2.05) is 0 Å². The molecule has 2 saturated heterocycles. The molecule has 8 unspecified atom stereocenters. The van der Waals surface area contributed by atoms with Gasteiger partial charge in [0, 0.05) is 17.9 Å². The van der Waals surface area contributed by atoms with Crippen LogP contribution in [-0.4, -0.2) is 18.7 Å². The lowest BCUT2D eigenvalue weighted by Crippen LogP contribution is -2.51. The van der Waals surface area contributed by atoms with Crippen molar-refractivity contribution >= 4 is 0 Å². The summed E-state index contributed by atoms with van der Waals surface area (Å²) in [5.74, 6) is 6.23. The van der Waals surface area contributed by atoms with Crippen LogP contribution in [-0.2, 0) is 4.74 Å². The van der Waals surface area contributed by atoms with Crippen molar-refractivity contribution < 1.29 is 4.74 Å². The van der Waals surface area contributed by atoms with Crippen LogP contribution in [0.3, 0.4) is 0 Å². The highest BCUT2D eigenvalue weighted by atomic mass is 16.5. The Kier molecular flexibility index (Phi) is 5.09. The monoisotopic (exact) mass is 377 g/mol. The van der Waals surface area contributed by atoms with E-state index < -0.39 is 0 Å². The summed E-state index contributed by atoms with van der Waals surface area (Å²) in [5, 5.41) is 4.00. The number of allylic oxidation sites excluding steroid dienone is 8. The standard InChI is InChI=1S/C26H35NO/c1-17(2)23-16-27-24(15-21(23)18-8-4-3-5-9-18)19-12-13-26-22(14-19)20-10-6-7-11-25(20)28-26/h3-8,10-11,13,17-25,27H,9,12,14-16H2,1-2H3. The molecular formula is C26H35NO. The van der Waals surface area contributed by atoms with Gasteiger partial charge in [0.15, 0.2) is 0 Å². The molecule has 2 heteroatoms. The minimum Gasteiger partial charge on any atom is -0.490 e. The van der Waals surface area contributed by atoms with Crippen molar-refractivity contribution in [1.82, 2.24) is 5.32 Å². The number of fused-ring (bicyclic) bond motifs is 3. The quantitative estimate of drug-likeness (QED) is 0.709. The van der Waals surface area contributed by atoms with Crippen LogP contribution in [0.15, 0.2) is 60.4 Å². The van der Waals surface area contributed by atoms with Gasteiger partial charge in [-0.1, -0.05) is 56.4 Å². The number of ether oxygens (including phenoxy) is 1. The Hall–Kier alpha value is -1.54. The largest absolute Gasteiger partial charge is 0.490 e. The second-order valence-electron chi connectivity index (χ2n) is 9.91. The molecule has 150 valence electrons. The van der Waals surface area contributed by atoms with Crippen LogP contribution < -0.4 is 5.32 Å². The van der Waals surface area contributed by atoms with Gasteiger partial charge >= 0.3 is 0 Å². The molecule has 8 atom stereocenters. The lowest BCUT2D eigenvalue weighted by atomic mass is 9.65. The van der Waals surface area contributed by atoms with Crippen molar-refractivity contribution in [2.45, 2.75) is 51.7 Å². The van der Waals surface area contributed by atoms with E-state index in [0.717, 1.165) is 29.6 Å². The summed E-state index contributed by atoms with van der Waals surface area (Å²) in [6.45, 7) is 6.01. The molecule has 0 aromatic rings. The van der Waals surface area contributed by atoms with Crippen LogP contribution in [0.2, 0.25) is 0 Å². The molecule has 5 aliphatic rings. The van der Waals surface area contributed by atoms with Crippen LogP contribution in [0.4, 0.5) is 0 Å². The van der Waals surface area contributed by atoms with Gasteiger partial charge in [-0.15, -0.1) is 0 Å². The zero-order valence-corrected chi connectivity index (χ0v) is 17.3. The van der Waals surface area contributed by atoms with Crippen molar-refractivity contribution in [3.05, 3.63) is 60.4 Å². The maximum absolute atomic E-state index is 6.26. The van der Waals surface area contributed by atoms with Gasteiger partial charge in [-0.25, -0.2) is 0 Å². The van der Waals surface area contributed by atoms with E-state index in [1.165, 1.54) is 38.0 Å². The van der Waals surface area contributed by atoms with E-state index >= 15 is 0 Å². The molecule has 2 nitrogen and oxygen atoms in total. The van der Waals surface area contributed by atoms with Gasteiger partial charge in [-0.2, -0.15) is 0 Å². The van der Waals surface area contributed by atoms with Crippen LogP contribution in [0.5, 0.6) is 0 Å². The normalized spacial score (nSPS) is 44.2. The van der Waals surface area contributed by atoms with Crippen LogP contribution in [0.25, 0.3) is 0 Å². The molecule has 2 heterocycles. The summed E-state index contributed by atoms with van der Waals surface area (Å²) in [7, 11) is 0. The number of hydrogen-bond donors (Lipinski definition) is 1. The number of nitrogens with one attached hydrogen (secondary N) is 1. The summed E-state index contributed by atoms with van der Waals surface area (Å²) >= 11 is 0. The molecular weight excluding hydrogens is 342 g/mol. The molecule has 2 aliphatic heterocycles. The van der Waals surface area contributed by atoms with Crippen molar-refractivity contribution in [3.63, 3.8) is 0 Å². The molecule has 28 heavy (non-hydrogen) atoms. The predicted octanol–water partition coefficient (Wildman–Crippen LogP) is 5.42. The van der Waals surface area contributed by atoms with Crippen molar-refractivity contribution in [3.8, 4) is 0 Å². The highest BCUT2D eigenvalue weighted by Gasteiger charge is 2.45. The molecule has 1 N–H and O–H groups in total. The highest BCUT2D eigenvalue weighted by Crippen LogP contribution is 2.48. The summed E-state index contributed by atoms with van der Waals surface area (Å²) in [5.41, 5.74) is 0. The molecule has 3 aliphatic carbocycles. The first-order chi connectivity index (χ1) is 13.7. The van der Waals surface area contributed by atoms with Crippen LogP contribution in [0, 0.1) is 41.4 Å². The van der Waals surface area contributed by atoms with E-state index in [-0.39, 0.29) is 6.10 Å². The van der Waals surface area contributed by atoms with E-state index in [0.29, 0.717) is 17.9 Å². The van der Waals surface area contributed by atoms with Crippen molar-refractivity contribution in [1.29, 1.82) is 0 Å². The van der Waals surface area contributed by atoms with Gasteiger partial charge in [0.2, 0.25) is 0 Å². The highest BCUT2D eigenvalue weighted by molar-refractivity contribution is 5.26. The molecule has 0 saturated carbocycles. The Balaban J connectivity index is 1.30. The van der Waals surface area contributed by atoms with Crippen LogP contribution in [0.1, 0.15) is 39.5 Å². The van der Waals surface area contributed by atoms with E-state index in [4.69, 9.17) is 4.74 Å². The van der Waals surface area contributed by atoms with Gasteiger partial charge in [0.1, 0.15) is 6.10 Å². The second kappa shape index (κ2) is 7.71. The lowest BCUT2D eigenvalue weighted by molar-refractivity contribution is 0.0960. The maximum atomic E-state index is 6.26. The molecule has 2 fully saturated rings. The fraction of sp³-hybridized carbons (Fsp3) is 0.615. The van der Waals surface area contributed by atoms with Gasteiger partial charge in [-0.3, -0.25) is 0 Å². The Bertz CT molecular complexity index is 727. The van der Waals surface area contributed by atoms with E-state index in [9.17, 15) is 0 Å². The molecule has 5 rings (SSSR count). The summed E-state index contributed by atoms with van der Waals surface area (Å²) < 4.78 is 6.26. The Labute approximate surface area is 170 Å². The van der Waals surface area contributed by atoms with E-state index in [2.05, 4.69) is 73.8 Å². The molecule has 0 spiro atoms. The Morgan fingerprint density at radius 2 is 1.86 bits per heavy atom. The van der Waals surface area contributed by atoms with Gasteiger partial charge in [0.25, 0.3) is 0 Å². The number of hydrogen-bond acceptors (Lipinski definition) is 2. The van der Waals surface area contributed by atoms with Gasteiger partial charge in [-0.05, 0) is 74.0 Å². The third-order valence-electron chi connectivity index (χ3n) is 8.09. The van der Waals surface area contributed by atoms with Crippen LogP contribution >= 0.6 is 0 Å². The topological polar surface area (TPSA) is 21.3 Å². The third-order valence-corrected chi connectivity index (χ3v) is 8.09. The first kappa shape index (κ1) is 18.5. The molecule has 0 aromatic carbocycles. The zero-order valence-electron chi connectivity index (χ0n) is 17.3. The summed E-state index contributed by atoms with van der Waals surface area (Å²) in [6.07, 6.45) is 26.0.